The average Bonchev–Trinajstić information content (AvgIpc) is 3.13. The summed E-state index contributed by atoms with van der Waals surface area (Å²) in [5.74, 6) is -0.0303. The number of nitrogens with zero attached hydrogens (tertiary/aromatic N) is 3. The van der Waals surface area contributed by atoms with Crippen LogP contribution in [-0.2, 0) is 0 Å². The second kappa shape index (κ2) is 7.09. The number of carbonyl (C=O) groups excluding carboxylic acids is 1. The van der Waals surface area contributed by atoms with Crippen molar-refractivity contribution in [3.63, 3.8) is 0 Å². The first-order valence-electron chi connectivity index (χ1n) is 9.55. The predicted molar refractivity (Wildman–Crippen MR) is 95.4 cm³/mol. The van der Waals surface area contributed by atoms with E-state index >= 15 is 0 Å². The van der Waals surface area contributed by atoms with Crippen molar-refractivity contribution in [1.82, 2.24) is 15.2 Å². The SMILES string of the molecule is O=C(NC1CCC1)c1ccc(N2CCN(C3CCCC3)CC2)cn1. The molecule has 0 radical (unpaired) electrons. The molecule has 0 aromatic carbocycles. The molecule has 0 spiro atoms. The molecule has 24 heavy (non-hydrogen) atoms. The molecule has 0 atom stereocenters. The highest BCUT2D eigenvalue weighted by Gasteiger charge is 2.26. The summed E-state index contributed by atoms with van der Waals surface area (Å²) in [5, 5.41) is 3.05. The zero-order valence-corrected chi connectivity index (χ0v) is 14.4. The molecule has 2 heterocycles. The van der Waals surface area contributed by atoms with Gasteiger partial charge in [0, 0.05) is 38.3 Å². The number of nitrogens with one attached hydrogen (secondary N) is 1. The first kappa shape index (κ1) is 15.9. The Balaban J connectivity index is 1.31. The number of carbonyl (C=O) groups is 1. The summed E-state index contributed by atoms with van der Waals surface area (Å²) in [6.07, 6.45) is 10.9. The molecule has 1 amide bonds. The van der Waals surface area contributed by atoms with Crippen molar-refractivity contribution in [2.75, 3.05) is 31.1 Å². The molecule has 0 bridgehead atoms. The number of rotatable bonds is 4. The van der Waals surface area contributed by atoms with Crippen LogP contribution in [0.4, 0.5) is 5.69 Å². The van der Waals surface area contributed by atoms with Crippen LogP contribution in [0.25, 0.3) is 0 Å². The maximum Gasteiger partial charge on any atom is 0.270 e. The van der Waals surface area contributed by atoms with Crippen LogP contribution in [0.2, 0.25) is 0 Å². The van der Waals surface area contributed by atoms with Crippen molar-refractivity contribution >= 4 is 11.6 Å². The summed E-state index contributed by atoms with van der Waals surface area (Å²) in [6, 6.07) is 5.10. The quantitative estimate of drug-likeness (QED) is 0.922. The maximum absolute atomic E-state index is 12.1. The topological polar surface area (TPSA) is 48.5 Å². The second-order valence-corrected chi connectivity index (χ2v) is 7.46. The van der Waals surface area contributed by atoms with E-state index in [0.717, 1.165) is 50.7 Å². The van der Waals surface area contributed by atoms with E-state index in [1.807, 2.05) is 18.3 Å². The molecule has 4 rings (SSSR count). The Morgan fingerprint density at radius 3 is 2.33 bits per heavy atom. The minimum Gasteiger partial charge on any atom is -0.368 e. The van der Waals surface area contributed by atoms with Gasteiger partial charge in [0.2, 0.25) is 0 Å². The lowest BCUT2D eigenvalue weighted by molar-refractivity contribution is 0.0912. The summed E-state index contributed by atoms with van der Waals surface area (Å²) >= 11 is 0. The normalized spacial score (nSPS) is 23.2. The number of hydrogen-bond acceptors (Lipinski definition) is 4. The summed E-state index contributed by atoms with van der Waals surface area (Å²) in [6.45, 7) is 4.42. The Labute approximate surface area is 144 Å². The molecule has 0 unspecified atom stereocenters. The molecule has 3 aliphatic rings. The monoisotopic (exact) mass is 328 g/mol. The number of anilines is 1. The Morgan fingerprint density at radius 1 is 1.00 bits per heavy atom. The van der Waals surface area contributed by atoms with Crippen LogP contribution in [-0.4, -0.2) is 54.1 Å². The van der Waals surface area contributed by atoms with Gasteiger partial charge in [-0.1, -0.05) is 12.8 Å². The number of amides is 1. The average molecular weight is 328 g/mol. The van der Waals surface area contributed by atoms with E-state index in [0.29, 0.717) is 11.7 Å². The minimum absolute atomic E-state index is 0.0303. The first-order valence-corrected chi connectivity index (χ1v) is 9.55. The number of piperazine rings is 1. The van der Waals surface area contributed by atoms with Gasteiger partial charge in [0.25, 0.3) is 5.91 Å². The van der Waals surface area contributed by atoms with Crippen LogP contribution in [0.3, 0.4) is 0 Å². The zero-order chi connectivity index (χ0) is 16.4. The molecule has 1 aromatic heterocycles. The molecular weight excluding hydrogens is 300 g/mol. The van der Waals surface area contributed by atoms with Gasteiger partial charge in [-0.3, -0.25) is 9.69 Å². The van der Waals surface area contributed by atoms with Gasteiger partial charge in [-0.25, -0.2) is 4.98 Å². The van der Waals surface area contributed by atoms with Crippen molar-refractivity contribution in [2.24, 2.45) is 0 Å². The van der Waals surface area contributed by atoms with Crippen molar-refractivity contribution < 1.29 is 4.79 Å². The van der Waals surface area contributed by atoms with E-state index in [-0.39, 0.29) is 5.91 Å². The van der Waals surface area contributed by atoms with Crippen molar-refractivity contribution in [1.29, 1.82) is 0 Å². The molecule has 2 saturated carbocycles. The first-order chi connectivity index (χ1) is 11.8. The minimum atomic E-state index is -0.0303. The van der Waals surface area contributed by atoms with E-state index in [1.54, 1.807) is 0 Å². The zero-order valence-electron chi connectivity index (χ0n) is 14.4. The van der Waals surface area contributed by atoms with Gasteiger partial charge in [0.15, 0.2) is 0 Å². The van der Waals surface area contributed by atoms with E-state index in [4.69, 9.17) is 0 Å². The molecule has 5 heteroatoms. The lowest BCUT2D eigenvalue weighted by atomic mass is 9.93. The van der Waals surface area contributed by atoms with Crippen molar-refractivity contribution in [3.8, 4) is 0 Å². The van der Waals surface area contributed by atoms with Crippen LogP contribution in [0, 0.1) is 0 Å². The highest BCUT2D eigenvalue weighted by atomic mass is 16.1. The third-order valence-corrected chi connectivity index (χ3v) is 5.94. The highest BCUT2D eigenvalue weighted by molar-refractivity contribution is 5.92. The Hall–Kier alpha value is -1.62. The molecule has 2 aliphatic carbocycles. The van der Waals surface area contributed by atoms with Gasteiger partial charge in [-0.2, -0.15) is 0 Å². The van der Waals surface area contributed by atoms with E-state index < -0.39 is 0 Å². The molecule has 1 aliphatic heterocycles. The molecule has 1 N–H and O–H groups in total. The van der Waals surface area contributed by atoms with Gasteiger partial charge in [0.05, 0.1) is 11.9 Å². The number of aromatic nitrogens is 1. The second-order valence-electron chi connectivity index (χ2n) is 7.46. The Kier molecular flexibility index (Phi) is 4.69. The van der Waals surface area contributed by atoms with Crippen LogP contribution in [0.15, 0.2) is 18.3 Å². The highest BCUT2D eigenvalue weighted by Crippen LogP contribution is 2.25. The van der Waals surface area contributed by atoms with Gasteiger partial charge in [-0.05, 0) is 44.2 Å². The van der Waals surface area contributed by atoms with E-state index in [1.165, 1.54) is 32.1 Å². The lowest BCUT2D eigenvalue weighted by Crippen LogP contribution is -2.49. The number of hydrogen-bond donors (Lipinski definition) is 1. The fourth-order valence-electron chi connectivity index (χ4n) is 4.13. The van der Waals surface area contributed by atoms with E-state index in [9.17, 15) is 4.79 Å². The third kappa shape index (κ3) is 3.41. The van der Waals surface area contributed by atoms with Gasteiger partial charge in [0.1, 0.15) is 5.69 Å². The fraction of sp³-hybridized carbons (Fsp3) is 0.684. The van der Waals surface area contributed by atoms with Crippen LogP contribution in [0.5, 0.6) is 0 Å². The van der Waals surface area contributed by atoms with Crippen LogP contribution >= 0.6 is 0 Å². The summed E-state index contributed by atoms with van der Waals surface area (Å²) in [4.78, 5) is 21.6. The Bertz CT molecular complexity index is 555. The molecule has 130 valence electrons. The smallest absolute Gasteiger partial charge is 0.270 e. The van der Waals surface area contributed by atoms with Crippen LogP contribution in [0.1, 0.15) is 55.4 Å². The maximum atomic E-state index is 12.1. The summed E-state index contributed by atoms with van der Waals surface area (Å²) in [5.41, 5.74) is 1.68. The number of pyridine rings is 1. The van der Waals surface area contributed by atoms with Crippen molar-refractivity contribution in [2.45, 2.75) is 57.0 Å². The van der Waals surface area contributed by atoms with E-state index in [2.05, 4.69) is 20.1 Å². The lowest BCUT2D eigenvalue weighted by Gasteiger charge is -2.39. The third-order valence-electron chi connectivity index (χ3n) is 5.94. The van der Waals surface area contributed by atoms with Gasteiger partial charge < -0.3 is 10.2 Å². The fourth-order valence-corrected chi connectivity index (χ4v) is 4.13. The van der Waals surface area contributed by atoms with Crippen molar-refractivity contribution in [3.05, 3.63) is 24.0 Å². The summed E-state index contributed by atoms with van der Waals surface area (Å²) < 4.78 is 0. The summed E-state index contributed by atoms with van der Waals surface area (Å²) in [7, 11) is 0. The predicted octanol–water partition coefficient (Wildman–Crippen LogP) is 2.43. The van der Waals surface area contributed by atoms with Crippen LogP contribution < -0.4 is 10.2 Å². The molecule has 5 nitrogen and oxygen atoms in total. The molecular formula is C19H28N4O. The molecule has 1 aromatic rings. The van der Waals surface area contributed by atoms with Gasteiger partial charge >= 0.3 is 0 Å². The standard InChI is InChI=1S/C19H28N4O/c24-19(21-15-4-3-5-15)18-9-8-17(14-20-18)23-12-10-22(11-13-23)16-6-1-2-7-16/h8-9,14-16H,1-7,10-13H2,(H,21,24). The van der Waals surface area contributed by atoms with Gasteiger partial charge in [-0.15, -0.1) is 0 Å². The largest absolute Gasteiger partial charge is 0.368 e. The molecule has 1 saturated heterocycles. The Morgan fingerprint density at radius 2 is 1.75 bits per heavy atom. The molecule has 3 fully saturated rings.